The summed E-state index contributed by atoms with van der Waals surface area (Å²) in [5.74, 6) is -3.70. The van der Waals surface area contributed by atoms with Gasteiger partial charge in [-0.25, -0.2) is 4.79 Å². The van der Waals surface area contributed by atoms with Crippen LogP contribution in [0.5, 0.6) is 0 Å². The fourth-order valence-electron chi connectivity index (χ4n) is 3.61. The second kappa shape index (κ2) is 11.5. The predicted molar refractivity (Wildman–Crippen MR) is 113 cm³/mol. The molecule has 0 spiro atoms. The Bertz CT molecular complexity index is 949. The molecular weight excluding hydrogens is 461 g/mol. The van der Waals surface area contributed by atoms with Crippen LogP contribution in [0.15, 0.2) is 29.4 Å². The van der Waals surface area contributed by atoms with E-state index >= 15 is 0 Å². The van der Waals surface area contributed by atoms with Gasteiger partial charge in [-0.3, -0.25) is 15.0 Å². The smallest absolute Gasteiger partial charge is 0.481 e. The summed E-state index contributed by atoms with van der Waals surface area (Å²) in [6, 6.07) is 6.93. The fourth-order valence-corrected chi connectivity index (χ4v) is 3.61. The molecule has 186 valence electrons. The van der Waals surface area contributed by atoms with Crippen LogP contribution in [0.4, 0.5) is 13.2 Å². The Labute approximate surface area is 192 Å². The summed E-state index contributed by atoms with van der Waals surface area (Å²) in [7, 11) is 0. The maximum Gasteiger partial charge on any atom is 0.490 e. The molecule has 1 aromatic carbocycles. The van der Waals surface area contributed by atoms with Gasteiger partial charge in [-0.1, -0.05) is 29.4 Å². The molecule has 1 saturated heterocycles. The molecule has 0 aliphatic carbocycles. The second-order valence-electron chi connectivity index (χ2n) is 7.80. The number of carbonyl (C=O) groups is 3. The number of piperidine rings is 1. The lowest BCUT2D eigenvalue weighted by atomic mass is 9.97. The predicted octanol–water partition coefficient (Wildman–Crippen LogP) is 2.34. The Morgan fingerprint density at radius 2 is 1.76 bits per heavy atom. The average Bonchev–Trinajstić information content (AvgIpc) is 3.22. The number of nitrogen functional groups attached to an aromatic ring is 1. The molecule has 0 bridgehead atoms. The van der Waals surface area contributed by atoms with Crippen LogP contribution in [0.2, 0.25) is 0 Å². The topological polar surface area (TPSA) is 166 Å². The molecule has 1 aromatic rings. The SMILES string of the molecule is N=C(N)c1ccc(C2=NOC(CC(=O)N3CCCCC3CC(=O)O)C2)cc1.O=C(O)C(F)(F)F. The maximum atomic E-state index is 12.7. The number of hydrogen-bond donors (Lipinski definition) is 4. The van der Waals surface area contributed by atoms with Crippen molar-refractivity contribution in [1.82, 2.24) is 4.90 Å². The van der Waals surface area contributed by atoms with Crippen LogP contribution in [-0.2, 0) is 19.2 Å². The zero-order chi connectivity index (χ0) is 25.5. The Morgan fingerprint density at radius 3 is 2.29 bits per heavy atom. The zero-order valence-electron chi connectivity index (χ0n) is 18.0. The number of aliphatic carboxylic acids is 2. The van der Waals surface area contributed by atoms with E-state index < -0.39 is 18.1 Å². The van der Waals surface area contributed by atoms with Crippen LogP contribution in [-0.4, -0.2) is 69.4 Å². The number of oxime groups is 1. The minimum absolute atomic E-state index is 0.00656. The lowest BCUT2D eigenvalue weighted by Gasteiger charge is -2.35. The van der Waals surface area contributed by atoms with E-state index in [2.05, 4.69) is 5.16 Å². The highest BCUT2D eigenvalue weighted by Gasteiger charge is 2.38. The standard InChI is InChI=1S/C19H24N4O4.C2HF3O2/c20-19(21)13-6-4-12(5-7-13)16-10-15(27-22-16)11-17(24)23-8-2-1-3-14(23)9-18(25)26;3-2(4,5)1(6)7/h4-7,14-15H,1-3,8-11H2,(H3,20,21)(H,25,26);(H,6,7). The Kier molecular flexibility index (Phi) is 8.98. The average molecular weight is 486 g/mol. The van der Waals surface area contributed by atoms with Gasteiger partial charge >= 0.3 is 18.1 Å². The monoisotopic (exact) mass is 486 g/mol. The van der Waals surface area contributed by atoms with Crippen molar-refractivity contribution >= 4 is 29.4 Å². The van der Waals surface area contributed by atoms with Gasteiger partial charge in [0.1, 0.15) is 11.9 Å². The van der Waals surface area contributed by atoms with Crippen molar-refractivity contribution in [2.75, 3.05) is 6.54 Å². The number of carbonyl (C=O) groups excluding carboxylic acids is 1. The van der Waals surface area contributed by atoms with E-state index in [4.69, 9.17) is 31.0 Å². The number of nitrogens with one attached hydrogen (secondary N) is 1. The number of hydrogen-bond acceptors (Lipinski definition) is 6. The van der Waals surface area contributed by atoms with Gasteiger partial charge in [-0.05, 0) is 24.8 Å². The highest BCUT2D eigenvalue weighted by Crippen LogP contribution is 2.24. The minimum atomic E-state index is -5.08. The molecular formula is C21H25F3N4O6. The van der Waals surface area contributed by atoms with Crippen molar-refractivity contribution in [3.63, 3.8) is 0 Å². The third-order valence-corrected chi connectivity index (χ3v) is 5.26. The lowest BCUT2D eigenvalue weighted by Crippen LogP contribution is -2.45. The summed E-state index contributed by atoms with van der Waals surface area (Å²) in [4.78, 5) is 39.7. The molecule has 3 rings (SSSR count). The van der Waals surface area contributed by atoms with E-state index in [0.29, 0.717) is 18.5 Å². The zero-order valence-corrected chi connectivity index (χ0v) is 18.0. The van der Waals surface area contributed by atoms with Crippen molar-refractivity contribution in [2.24, 2.45) is 10.9 Å². The van der Waals surface area contributed by atoms with Crippen molar-refractivity contribution < 1.29 is 42.6 Å². The van der Waals surface area contributed by atoms with Crippen LogP contribution in [0.1, 0.15) is 49.7 Å². The Hall–Kier alpha value is -3.64. The molecule has 2 aliphatic heterocycles. The Balaban J connectivity index is 0.000000509. The molecule has 2 heterocycles. The van der Waals surface area contributed by atoms with E-state index in [-0.39, 0.29) is 36.7 Å². The van der Waals surface area contributed by atoms with E-state index in [1.807, 2.05) is 12.1 Å². The summed E-state index contributed by atoms with van der Waals surface area (Å²) in [6.07, 6.45) is -2.15. The summed E-state index contributed by atoms with van der Waals surface area (Å²) in [5, 5.41) is 27.7. The highest BCUT2D eigenvalue weighted by atomic mass is 19.4. The van der Waals surface area contributed by atoms with Gasteiger partial charge in [0, 0.05) is 24.6 Å². The van der Waals surface area contributed by atoms with Gasteiger partial charge in [0.2, 0.25) is 5.91 Å². The van der Waals surface area contributed by atoms with Gasteiger partial charge < -0.3 is 25.7 Å². The van der Waals surface area contributed by atoms with E-state index in [9.17, 15) is 22.8 Å². The summed E-state index contributed by atoms with van der Waals surface area (Å²) < 4.78 is 31.7. The van der Waals surface area contributed by atoms with Crippen LogP contribution in [0.25, 0.3) is 0 Å². The number of likely N-dealkylation sites (tertiary alicyclic amines) is 1. The first kappa shape index (κ1) is 26.6. The summed E-state index contributed by atoms with van der Waals surface area (Å²) >= 11 is 0. The number of halogens is 3. The van der Waals surface area contributed by atoms with Gasteiger partial charge in [-0.2, -0.15) is 13.2 Å². The number of carboxylic acid groups (broad SMARTS) is 2. The second-order valence-corrected chi connectivity index (χ2v) is 7.80. The van der Waals surface area contributed by atoms with Crippen molar-refractivity contribution in [3.05, 3.63) is 35.4 Å². The number of nitrogens with zero attached hydrogens (tertiary/aromatic N) is 2. The first-order chi connectivity index (χ1) is 15.9. The molecule has 13 heteroatoms. The van der Waals surface area contributed by atoms with Gasteiger partial charge in [0.05, 0.1) is 18.6 Å². The molecule has 10 nitrogen and oxygen atoms in total. The van der Waals surface area contributed by atoms with Crippen molar-refractivity contribution in [1.29, 1.82) is 5.41 Å². The molecule has 2 atom stereocenters. The third kappa shape index (κ3) is 7.74. The van der Waals surface area contributed by atoms with Crippen LogP contribution in [0.3, 0.4) is 0 Å². The van der Waals surface area contributed by atoms with Crippen molar-refractivity contribution in [2.45, 2.75) is 56.8 Å². The normalized spacial score (nSPS) is 19.9. The molecule has 0 radical (unpaired) electrons. The van der Waals surface area contributed by atoms with Gasteiger partial charge in [-0.15, -0.1) is 0 Å². The number of alkyl halides is 3. The summed E-state index contributed by atoms with van der Waals surface area (Å²) in [5.41, 5.74) is 7.72. The molecule has 0 aromatic heterocycles. The number of rotatable bonds is 6. The van der Waals surface area contributed by atoms with Gasteiger partial charge in [0.25, 0.3) is 0 Å². The van der Waals surface area contributed by atoms with Crippen molar-refractivity contribution in [3.8, 4) is 0 Å². The van der Waals surface area contributed by atoms with Crippen LogP contribution < -0.4 is 5.73 Å². The number of benzene rings is 1. The largest absolute Gasteiger partial charge is 0.490 e. The molecule has 2 aliphatic rings. The Morgan fingerprint density at radius 1 is 1.15 bits per heavy atom. The quantitative estimate of drug-likeness (QED) is 0.354. The molecule has 2 unspecified atom stereocenters. The number of carboxylic acids is 2. The third-order valence-electron chi connectivity index (χ3n) is 5.26. The first-order valence-electron chi connectivity index (χ1n) is 10.4. The fraction of sp³-hybridized carbons (Fsp3) is 0.476. The maximum absolute atomic E-state index is 12.7. The van der Waals surface area contributed by atoms with Crippen LogP contribution >= 0.6 is 0 Å². The van der Waals surface area contributed by atoms with E-state index in [0.717, 1.165) is 30.5 Å². The molecule has 34 heavy (non-hydrogen) atoms. The lowest BCUT2D eigenvalue weighted by molar-refractivity contribution is -0.192. The van der Waals surface area contributed by atoms with Crippen LogP contribution in [0, 0.1) is 5.41 Å². The molecule has 0 saturated carbocycles. The molecule has 5 N–H and O–H groups in total. The molecule has 1 amide bonds. The first-order valence-corrected chi connectivity index (χ1v) is 10.4. The number of amides is 1. The minimum Gasteiger partial charge on any atom is -0.481 e. The van der Waals surface area contributed by atoms with E-state index in [1.54, 1.807) is 17.0 Å². The van der Waals surface area contributed by atoms with E-state index in [1.165, 1.54) is 0 Å². The number of amidine groups is 1. The van der Waals surface area contributed by atoms with Gasteiger partial charge in [0.15, 0.2) is 0 Å². The number of nitrogens with two attached hydrogens (primary N) is 1. The molecule has 1 fully saturated rings. The summed E-state index contributed by atoms with van der Waals surface area (Å²) in [6.45, 7) is 0.601. The highest BCUT2D eigenvalue weighted by molar-refractivity contribution is 6.02.